The number of fused-ring (bicyclic) bond motifs is 5. The van der Waals surface area contributed by atoms with E-state index in [4.69, 9.17) is 25.4 Å². The van der Waals surface area contributed by atoms with Gasteiger partial charge in [0.2, 0.25) is 11.9 Å². The number of alkyl halides is 1. The summed E-state index contributed by atoms with van der Waals surface area (Å²) in [4.78, 5) is 22.2. The molecule has 0 amide bonds. The first-order valence-corrected chi connectivity index (χ1v) is 15.9. The predicted octanol–water partition coefficient (Wildman–Crippen LogP) is 3.19. The van der Waals surface area contributed by atoms with Gasteiger partial charge in [-0.1, -0.05) is 0 Å². The van der Waals surface area contributed by atoms with Crippen molar-refractivity contribution in [2.24, 2.45) is 5.92 Å². The van der Waals surface area contributed by atoms with Crippen molar-refractivity contribution >= 4 is 40.0 Å². The third-order valence-corrected chi connectivity index (χ3v) is 12.6. The highest BCUT2D eigenvalue weighted by molar-refractivity contribution is 8.00. The fourth-order valence-electron chi connectivity index (χ4n) is 8.17. The van der Waals surface area contributed by atoms with Crippen LogP contribution in [0, 0.1) is 28.6 Å². The molecular formula is C27H30FN9OS2. The van der Waals surface area contributed by atoms with Gasteiger partial charge in [0.05, 0.1) is 27.8 Å². The Balaban J connectivity index is 1.10. The van der Waals surface area contributed by atoms with Gasteiger partial charge < -0.3 is 20.3 Å². The highest BCUT2D eigenvalue weighted by Gasteiger charge is 2.54. The second-order valence-electron chi connectivity index (χ2n) is 12.1. The molecule has 0 radical (unpaired) electrons. The van der Waals surface area contributed by atoms with Gasteiger partial charge >= 0.3 is 6.01 Å². The van der Waals surface area contributed by atoms with Crippen molar-refractivity contribution in [1.29, 1.82) is 10.5 Å². The molecule has 2 aromatic heterocycles. The molecule has 5 saturated heterocycles. The van der Waals surface area contributed by atoms with Crippen LogP contribution in [-0.2, 0) is 10.5 Å². The lowest BCUT2D eigenvalue weighted by molar-refractivity contribution is 0.107. The monoisotopic (exact) mass is 579 g/mol. The number of rotatable bonds is 5. The summed E-state index contributed by atoms with van der Waals surface area (Å²) in [7, 11) is 0. The van der Waals surface area contributed by atoms with Gasteiger partial charge in [-0.25, -0.2) is 4.39 Å². The first-order chi connectivity index (χ1) is 19.4. The highest BCUT2D eigenvalue weighted by Crippen LogP contribution is 2.58. The summed E-state index contributed by atoms with van der Waals surface area (Å²) in [6.07, 6.45) is 4.43. The number of hydrogen-bond acceptors (Lipinski definition) is 12. The summed E-state index contributed by atoms with van der Waals surface area (Å²) < 4.78 is 20.5. The highest BCUT2D eigenvalue weighted by atomic mass is 32.2. The SMILES string of the molecule is N#Cc1c(N)sc2c1C1(CN(c3nc(OC[C@@]45CCCN4C[C@H](F)C5)nc(N4[C@H]5CC[C@@H]4[C@H](C#N)C5)n3)C1)SC2. The molecule has 2 N–H and O–H groups in total. The Morgan fingerprint density at radius 1 is 1.18 bits per heavy atom. The molecule has 0 saturated carbocycles. The Morgan fingerprint density at radius 3 is 2.83 bits per heavy atom. The van der Waals surface area contributed by atoms with Crippen LogP contribution in [0.5, 0.6) is 6.01 Å². The van der Waals surface area contributed by atoms with E-state index in [1.807, 2.05) is 11.8 Å². The van der Waals surface area contributed by atoms with Crippen LogP contribution >= 0.6 is 23.1 Å². The molecule has 5 atom stereocenters. The maximum Gasteiger partial charge on any atom is 0.323 e. The molecule has 6 aliphatic heterocycles. The second kappa shape index (κ2) is 8.81. The molecule has 5 fully saturated rings. The Labute approximate surface area is 240 Å². The number of nitriles is 2. The number of ether oxygens (including phenoxy) is 1. The zero-order valence-corrected chi connectivity index (χ0v) is 23.7. The first-order valence-electron chi connectivity index (χ1n) is 14.1. The van der Waals surface area contributed by atoms with Crippen LogP contribution in [0.15, 0.2) is 0 Å². The Hall–Kier alpha value is -2.87. The fourth-order valence-corrected chi connectivity index (χ4v) is 11.0. The summed E-state index contributed by atoms with van der Waals surface area (Å²) in [6, 6.07) is 5.42. The topological polar surface area (TPSA) is 131 Å². The first kappa shape index (κ1) is 24.9. The third-order valence-electron chi connectivity index (χ3n) is 9.99. The average molecular weight is 580 g/mol. The third kappa shape index (κ3) is 3.50. The van der Waals surface area contributed by atoms with Gasteiger partial charge in [0, 0.05) is 54.3 Å². The molecule has 0 aromatic carbocycles. The number of aromatic nitrogens is 3. The van der Waals surface area contributed by atoms with E-state index in [1.54, 1.807) is 0 Å². The van der Waals surface area contributed by atoms with E-state index in [1.165, 1.54) is 16.2 Å². The molecule has 208 valence electrons. The lowest BCUT2D eigenvalue weighted by Crippen LogP contribution is -2.57. The summed E-state index contributed by atoms with van der Waals surface area (Å²) >= 11 is 3.39. The Kier molecular flexibility index (Phi) is 5.48. The maximum absolute atomic E-state index is 14.4. The van der Waals surface area contributed by atoms with Crippen molar-refractivity contribution in [3.63, 3.8) is 0 Å². The number of halogens is 1. The van der Waals surface area contributed by atoms with Crippen molar-refractivity contribution in [2.45, 2.75) is 72.8 Å². The Morgan fingerprint density at radius 2 is 2.02 bits per heavy atom. The van der Waals surface area contributed by atoms with Gasteiger partial charge in [0.1, 0.15) is 23.8 Å². The van der Waals surface area contributed by atoms with Gasteiger partial charge in [-0.2, -0.15) is 25.5 Å². The van der Waals surface area contributed by atoms with E-state index in [-0.39, 0.29) is 34.3 Å². The largest absolute Gasteiger partial charge is 0.461 e. The predicted molar refractivity (Wildman–Crippen MR) is 150 cm³/mol. The van der Waals surface area contributed by atoms with Crippen molar-refractivity contribution in [2.75, 3.05) is 48.3 Å². The quantitative estimate of drug-likeness (QED) is 0.560. The van der Waals surface area contributed by atoms with Gasteiger partial charge in [-0.15, -0.1) is 23.1 Å². The minimum atomic E-state index is -0.827. The minimum absolute atomic E-state index is 0.0247. The van der Waals surface area contributed by atoms with Crippen molar-refractivity contribution in [1.82, 2.24) is 19.9 Å². The number of thiophene rings is 1. The molecule has 1 spiro atoms. The van der Waals surface area contributed by atoms with E-state index >= 15 is 0 Å². The molecular weight excluding hydrogens is 549 g/mol. The Bertz CT molecular complexity index is 1460. The summed E-state index contributed by atoms with van der Waals surface area (Å²) in [5.41, 5.74) is 7.57. The summed E-state index contributed by atoms with van der Waals surface area (Å²) in [5, 5.41) is 20.1. The molecule has 2 bridgehead atoms. The molecule has 8 heterocycles. The van der Waals surface area contributed by atoms with Crippen molar-refractivity contribution in [3.8, 4) is 18.1 Å². The maximum atomic E-state index is 14.4. The van der Waals surface area contributed by atoms with Gasteiger partial charge in [-0.05, 0) is 38.6 Å². The average Bonchev–Trinajstić information content (AvgIpc) is 3.75. The normalized spacial score (nSPS) is 33.2. The van der Waals surface area contributed by atoms with Crippen LogP contribution in [0.4, 0.5) is 21.3 Å². The number of thioether (sulfide) groups is 1. The molecule has 2 aromatic rings. The number of nitrogens with two attached hydrogens (primary N) is 1. The lowest BCUT2D eigenvalue weighted by Gasteiger charge is -2.47. The summed E-state index contributed by atoms with van der Waals surface area (Å²) in [6.45, 7) is 3.07. The van der Waals surface area contributed by atoms with E-state index in [0.29, 0.717) is 55.1 Å². The zero-order valence-electron chi connectivity index (χ0n) is 22.1. The van der Waals surface area contributed by atoms with Crippen molar-refractivity contribution in [3.05, 3.63) is 16.0 Å². The van der Waals surface area contributed by atoms with Gasteiger partial charge in [-0.3, -0.25) is 4.90 Å². The van der Waals surface area contributed by atoms with Gasteiger partial charge in [0.25, 0.3) is 0 Å². The fraction of sp³-hybridized carbons (Fsp3) is 0.667. The van der Waals surface area contributed by atoms with Crippen LogP contribution in [0.2, 0.25) is 0 Å². The van der Waals surface area contributed by atoms with E-state index in [9.17, 15) is 14.9 Å². The summed E-state index contributed by atoms with van der Waals surface area (Å²) in [5.74, 6) is 1.95. The van der Waals surface area contributed by atoms with E-state index < -0.39 is 6.17 Å². The van der Waals surface area contributed by atoms with Crippen LogP contribution in [0.25, 0.3) is 0 Å². The van der Waals surface area contributed by atoms with E-state index in [0.717, 1.165) is 50.0 Å². The van der Waals surface area contributed by atoms with Crippen LogP contribution in [0.3, 0.4) is 0 Å². The lowest BCUT2D eigenvalue weighted by atomic mass is 9.88. The number of hydrogen-bond donors (Lipinski definition) is 1. The second-order valence-corrected chi connectivity index (χ2v) is 14.6. The molecule has 10 nitrogen and oxygen atoms in total. The van der Waals surface area contributed by atoms with Crippen LogP contribution in [-0.4, -0.2) is 76.4 Å². The number of nitrogen functional groups attached to an aromatic ring is 1. The molecule has 8 rings (SSSR count). The number of nitrogens with zero attached hydrogens (tertiary/aromatic N) is 8. The smallest absolute Gasteiger partial charge is 0.323 e. The molecule has 0 unspecified atom stereocenters. The minimum Gasteiger partial charge on any atom is -0.461 e. The van der Waals surface area contributed by atoms with Gasteiger partial charge in [0.15, 0.2) is 0 Å². The number of anilines is 3. The van der Waals surface area contributed by atoms with Crippen molar-refractivity contribution < 1.29 is 9.13 Å². The molecule has 40 heavy (non-hydrogen) atoms. The molecule has 13 heteroatoms. The van der Waals surface area contributed by atoms with Crippen LogP contribution < -0.4 is 20.3 Å². The molecule has 6 aliphatic rings. The standard InChI is InChI=1S/C27H30FN9OS2/c28-16-7-26(4-1-5-36(26)10-16)14-38-25-33-23(32-24(34-25)37-17-2-3-19(37)15(6-17)8-29)35-12-27(13-35)21-18(9-30)22(31)40-20(21)11-39-27/h15-17,19H,1-7,10-14,31H2/t15-,16+,17-,19+,26-/m0/s1. The van der Waals surface area contributed by atoms with Crippen LogP contribution in [0.1, 0.15) is 54.5 Å². The van der Waals surface area contributed by atoms with E-state index in [2.05, 4.69) is 26.8 Å². The zero-order chi connectivity index (χ0) is 27.2. The molecule has 0 aliphatic carbocycles.